The molecule has 0 aliphatic rings. The molecule has 6 rings (SSSR count). The largest absolute Gasteiger partial charge is 0.326 e. The molecule has 0 bridgehead atoms. The molecule has 0 saturated carbocycles. The summed E-state index contributed by atoms with van der Waals surface area (Å²) in [6.07, 6.45) is 3.50. The molecular formula is C31H23F2N7O. The van der Waals surface area contributed by atoms with Crippen molar-refractivity contribution in [1.29, 1.82) is 0 Å². The summed E-state index contributed by atoms with van der Waals surface area (Å²) in [5.74, 6) is -1.88. The number of anilines is 3. The van der Waals surface area contributed by atoms with E-state index in [1.807, 2.05) is 54.7 Å². The van der Waals surface area contributed by atoms with Crippen LogP contribution in [-0.2, 0) is 6.54 Å². The summed E-state index contributed by atoms with van der Waals surface area (Å²) in [6, 6.07) is 24.9. The Labute approximate surface area is 233 Å². The smallest absolute Gasteiger partial charge is 0.258 e. The van der Waals surface area contributed by atoms with Gasteiger partial charge in [-0.15, -0.1) is 0 Å². The minimum atomic E-state index is -0.814. The number of benzene rings is 3. The minimum absolute atomic E-state index is 0.387. The number of fused-ring (bicyclic) bond motifs is 1. The van der Waals surface area contributed by atoms with Crippen molar-refractivity contribution in [3.8, 4) is 22.5 Å². The number of pyridine rings is 1. The van der Waals surface area contributed by atoms with Crippen LogP contribution < -0.4 is 16.4 Å². The van der Waals surface area contributed by atoms with Gasteiger partial charge in [0.2, 0.25) is 5.95 Å². The first kappa shape index (κ1) is 25.8. The molecule has 3 heterocycles. The number of carbonyl (C=O) groups excluding carboxylic acids is 1. The minimum Gasteiger partial charge on any atom is -0.326 e. The van der Waals surface area contributed by atoms with Gasteiger partial charge in [-0.3, -0.25) is 4.79 Å². The average Bonchev–Trinajstić information content (AvgIpc) is 3.38. The Bertz CT molecular complexity index is 1900. The van der Waals surface area contributed by atoms with E-state index in [1.54, 1.807) is 35.0 Å². The van der Waals surface area contributed by atoms with Crippen LogP contribution in [0, 0.1) is 11.6 Å². The molecule has 0 radical (unpaired) electrons. The van der Waals surface area contributed by atoms with E-state index < -0.39 is 17.5 Å². The maximum Gasteiger partial charge on any atom is 0.258 e. The number of rotatable bonds is 7. The van der Waals surface area contributed by atoms with Crippen molar-refractivity contribution in [1.82, 2.24) is 19.6 Å². The molecule has 0 aliphatic heterocycles. The lowest BCUT2D eigenvalue weighted by atomic mass is 10.0. The molecule has 0 spiro atoms. The molecule has 6 aromatic rings. The number of nitrogens with zero attached hydrogens (tertiary/aromatic N) is 4. The van der Waals surface area contributed by atoms with Crippen LogP contribution in [0.1, 0.15) is 15.9 Å². The summed E-state index contributed by atoms with van der Waals surface area (Å²) in [6.45, 7) is 0.416. The Balaban J connectivity index is 1.38. The van der Waals surface area contributed by atoms with Crippen molar-refractivity contribution in [3.05, 3.63) is 126 Å². The van der Waals surface area contributed by atoms with Crippen molar-refractivity contribution in [2.75, 3.05) is 10.6 Å². The Kier molecular flexibility index (Phi) is 6.88. The van der Waals surface area contributed by atoms with Crippen LogP contribution in [0.2, 0.25) is 0 Å². The van der Waals surface area contributed by atoms with Crippen LogP contribution >= 0.6 is 0 Å². The lowest BCUT2D eigenvalue weighted by molar-refractivity contribution is 0.102. The standard InChI is InChI=1S/C31H23F2N7O/c32-21-10-11-25(33)24(17-21)30(41)36-23-8-4-6-20(16-23)29-28(27-9-1-2-14-40(27)39-29)26-12-13-35-31(38-26)37-22-7-3-5-19(15-22)18-34/h1-17H,18,34H2,(H,36,41)(H,35,37,38). The van der Waals surface area contributed by atoms with Crippen molar-refractivity contribution in [3.63, 3.8) is 0 Å². The third-order valence-corrected chi connectivity index (χ3v) is 6.44. The zero-order valence-corrected chi connectivity index (χ0v) is 21.6. The number of halogens is 2. The summed E-state index contributed by atoms with van der Waals surface area (Å²) < 4.78 is 29.6. The van der Waals surface area contributed by atoms with Gasteiger partial charge in [-0.05, 0) is 66.2 Å². The molecule has 0 atom stereocenters. The molecule has 202 valence electrons. The van der Waals surface area contributed by atoms with Crippen LogP contribution in [0.5, 0.6) is 0 Å². The van der Waals surface area contributed by atoms with E-state index in [-0.39, 0.29) is 5.56 Å². The van der Waals surface area contributed by atoms with E-state index in [2.05, 4.69) is 15.6 Å². The molecule has 0 saturated heterocycles. The summed E-state index contributed by atoms with van der Waals surface area (Å²) in [7, 11) is 0. The molecular weight excluding hydrogens is 524 g/mol. The Hall–Kier alpha value is -5.48. The van der Waals surface area contributed by atoms with Crippen LogP contribution in [-0.4, -0.2) is 25.5 Å². The third kappa shape index (κ3) is 5.36. The van der Waals surface area contributed by atoms with Gasteiger partial charge in [-0.25, -0.2) is 23.3 Å². The van der Waals surface area contributed by atoms with Gasteiger partial charge in [0.05, 0.1) is 22.3 Å². The highest BCUT2D eigenvalue weighted by Gasteiger charge is 2.19. The highest BCUT2D eigenvalue weighted by molar-refractivity contribution is 6.05. The first-order valence-electron chi connectivity index (χ1n) is 12.7. The highest BCUT2D eigenvalue weighted by atomic mass is 19.1. The second kappa shape index (κ2) is 10.9. The molecule has 3 aromatic carbocycles. The Morgan fingerprint density at radius 1 is 0.902 bits per heavy atom. The fraction of sp³-hybridized carbons (Fsp3) is 0.0323. The number of nitrogens with one attached hydrogen (secondary N) is 2. The Morgan fingerprint density at radius 2 is 1.76 bits per heavy atom. The van der Waals surface area contributed by atoms with Gasteiger partial charge in [0.15, 0.2) is 0 Å². The summed E-state index contributed by atoms with van der Waals surface area (Å²) in [5, 5.41) is 10.7. The molecule has 3 aromatic heterocycles. The lowest BCUT2D eigenvalue weighted by Gasteiger charge is -2.10. The first-order chi connectivity index (χ1) is 20.0. The normalized spacial score (nSPS) is 11.0. The van der Waals surface area contributed by atoms with E-state index >= 15 is 0 Å². The number of hydrogen-bond acceptors (Lipinski definition) is 6. The number of hydrogen-bond donors (Lipinski definition) is 3. The maximum absolute atomic E-state index is 14.2. The van der Waals surface area contributed by atoms with Crippen molar-refractivity contribution >= 4 is 28.7 Å². The Morgan fingerprint density at radius 3 is 2.63 bits per heavy atom. The summed E-state index contributed by atoms with van der Waals surface area (Å²) in [4.78, 5) is 21.9. The summed E-state index contributed by atoms with van der Waals surface area (Å²) in [5.41, 5.74) is 11.1. The summed E-state index contributed by atoms with van der Waals surface area (Å²) >= 11 is 0. The fourth-order valence-corrected chi connectivity index (χ4v) is 4.53. The van der Waals surface area contributed by atoms with Crippen LogP contribution in [0.4, 0.5) is 26.1 Å². The van der Waals surface area contributed by atoms with E-state index in [1.165, 1.54) is 0 Å². The van der Waals surface area contributed by atoms with Crippen molar-refractivity contribution in [2.24, 2.45) is 5.73 Å². The second-order valence-corrected chi connectivity index (χ2v) is 9.21. The topological polar surface area (TPSA) is 110 Å². The lowest BCUT2D eigenvalue weighted by Crippen LogP contribution is -2.14. The van der Waals surface area contributed by atoms with E-state index in [0.717, 1.165) is 40.5 Å². The van der Waals surface area contributed by atoms with Crippen molar-refractivity contribution in [2.45, 2.75) is 6.54 Å². The quantitative estimate of drug-likeness (QED) is 0.220. The monoisotopic (exact) mass is 547 g/mol. The molecule has 0 fully saturated rings. The van der Waals surface area contributed by atoms with E-state index in [9.17, 15) is 13.6 Å². The van der Waals surface area contributed by atoms with Gasteiger partial charge in [0.1, 0.15) is 17.3 Å². The van der Waals surface area contributed by atoms with E-state index in [0.29, 0.717) is 35.1 Å². The second-order valence-electron chi connectivity index (χ2n) is 9.21. The van der Waals surface area contributed by atoms with Gasteiger partial charge in [-0.1, -0.05) is 30.3 Å². The van der Waals surface area contributed by atoms with Gasteiger partial charge < -0.3 is 16.4 Å². The zero-order valence-electron chi connectivity index (χ0n) is 21.6. The molecule has 1 amide bonds. The first-order valence-corrected chi connectivity index (χ1v) is 12.7. The number of aromatic nitrogens is 4. The van der Waals surface area contributed by atoms with E-state index in [4.69, 9.17) is 15.8 Å². The predicted molar refractivity (Wildman–Crippen MR) is 154 cm³/mol. The maximum atomic E-state index is 14.2. The molecule has 10 heteroatoms. The third-order valence-electron chi connectivity index (χ3n) is 6.44. The van der Waals surface area contributed by atoms with Crippen LogP contribution in [0.25, 0.3) is 28.0 Å². The SMILES string of the molecule is NCc1cccc(Nc2nccc(-c3c(-c4cccc(NC(=O)c5cc(F)ccc5F)c4)nn4ccccc34)n2)c1. The fourth-order valence-electron chi connectivity index (χ4n) is 4.53. The van der Waals surface area contributed by atoms with Crippen LogP contribution in [0.3, 0.4) is 0 Å². The number of carbonyl (C=O) groups is 1. The van der Waals surface area contributed by atoms with Crippen molar-refractivity contribution < 1.29 is 13.6 Å². The molecule has 4 N–H and O–H groups in total. The van der Waals surface area contributed by atoms with Gasteiger partial charge in [0.25, 0.3) is 5.91 Å². The number of amides is 1. The highest BCUT2D eigenvalue weighted by Crippen LogP contribution is 2.35. The van der Waals surface area contributed by atoms with Gasteiger partial charge in [0, 0.05) is 35.9 Å². The van der Waals surface area contributed by atoms with Gasteiger partial charge >= 0.3 is 0 Å². The number of nitrogens with two attached hydrogens (primary N) is 1. The zero-order chi connectivity index (χ0) is 28.3. The molecule has 41 heavy (non-hydrogen) atoms. The molecule has 0 aliphatic carbocycles. The molecule has 0 unspecified atom stereocenters. The molecule has 8 nitrogen and oxygen atoms in total. The predicted octanol–water partition coefficient (Wildman–Crippen LogP) is 6.19. The van der Waals surface area contributed by atoms with Crippen LogP contribution in [0.15, 0.2) is 103 Å². The van der Waals surface area contributed by atoms with Gasteiger partial charge in [-0.2, -0.15) is 5.10 Å². The average molecular weight is 548 g/mol.